The Morgan fingerprint density at radius 3 is 2.36 bits per heavy atom. The van der Waals surface area contributed by atoms with E-state index in [2.05, 4.69) is 19.2 Å². The molecule has 0 rings (SSSR count). The first kappa shape index (κ1) is 14.2. The highest BCUT2D eigenvalue weighted by molar-refractivity contribution is 7.90. The molecule has 0 heterocycles. The highest BCUT2D eigenvalue weighted by atomic mass is 35.5. The molecule has 0 atom stereocenters. The van der Waals surface area contributed by atoms with Crippen molar-refractivity contribution in [3.63, 3.8) is 0 Å². The van der Waals surface area contributed by atoms with Gasteiger partial charge < -0.3 is 5.32 Å². The second kappa shape index (κ2) is 5.93. The van der Waals surface area contributed by atoms with Crippen molar-refractivity contribution < 1.29 is 8.42 Å². The van der Waals surface area contributed by atoms with Gasteiger partial charge in [0, 0.05) is 18.7 Å². The summed E-state index contributed by atoms with van der Waals surface area (Å²) in [5.74, 6) is 0.855. The molecule has 5 heteroatoms. The number of hydrogen-bond donors (Lipinski definition) is 1. The van der Waals surface area contributed by atoms with Crippen LogP contribution in [0.4, 0.5) is 0 Å². The van der Waals surface area contributed by atoms with E-state index in [-0.39, 0.29) is 11.2 Å². The standard InChI is InChI=1S/C9H20ClNO2S/c1-9(2,7-10)8-11-5-4-6-14(3,12)13/h11H,4-8H2,1-3H3. The lowest BCUT2D eigenvalue weighted by atomic mass is 9.97. The Labute approximate surface area is 92.1 Å². The van der Waals surface area contributed by atoms with E-state index in [0.717, 1.165) is 13.1 Å². The van der Waals surface area contributed by atoms with Gasteiger partial charge in [-0.3, -0.25) is 0 Å². The molecule has 3 nitrogen and oxygen atoms in total. The quantitative estimate of drug-likeness (QED) is 0.540. The van der Waals surface area contributed by atoms with Crippen molar-refractivity contribution in [2.45, 2.75) is 20.3 Å². The smallest absolute Gasteiger partial charge is 0.147 e. The van der Waals surface area contributed by atoms with Crippen LogP contribution in [0.3, 0.4) is 0 Å². The molecule has 0 bridgehead atoms. The van der Waals surface area contributed by atoms with Crippen LogP contribution in [-0.4, -0.2) is 39.4 Å². The van der Waals surface area contributed by atoms with E-state index in [1.54, 1.807) is 0 Å². The van der Waals surface area contributed by atoms with Gasteiger partial charge in [0.05, 0.1) is 5.75 Å². The summed E-state index contributed by atoms with van der Waals surface area (Å²) in [6.07, 6.45) is 1.92. The second-order valence-corrected chi connectivity index (χ2v) is 6.99. The van der Waals surface area contributed by atoms with Crippen LogP contribution >= 0.6 is 11.6 Å². The third-order valence-corrected chi connectivity index (χ3v) is 3.59. The zero-order valence-electron chi connectivity index (χ0n) is 9.14. The van der Waals surface area contributed by atoms with Gasteiger partial charge in [0.2, 0.25) is 0 Å². The van der Waals surface area contributed by atoms with Crippen molar-refractivity contribution in [3.8, 4) is 0 Å². The number of nitrogens with one attached hydrogen (secondary N) is 1. The summed E-state index contributed by atoms with van der Waals surface area (Å²) in [6, 6.07) is 0. The maximum atomic E-state index is 10.8. The summed E-state index contributed by atoms with van der Waals surface area (Å²) >= 11 is 5.74. The highest BCUT2D eigenvalue weighted by Gasteiger charge is 2.15. The Balaban J connectivity index is 3.49. The molecular weight excluding hydrogens is 222 g/mol. The minimum absolute atomic E-state index is 0.0760. The number of sulfone groups is 1. The molecule has 0 aliphatic carbocycles. The molecule has 0 radical (unpaired) electrons. The monoisotopic (exact) mass is 241 g/mol. The molecule has 86 valence electrons. The number of halogens is 1. The fraction of sp³-hybridized carbons (Fsp3) is 1.00. The summed E-state index contributed by atoms with van der Waals surface area (Å²) in [7, 11) is -2.81. The van der Waals surface area contributed by atoms with Crippen molar-refractivity contribution in [2.75, 3.05) is 31.0 Å². The van der Waals surface area contributed by atoms with Gasteiger partial charge in [-0.05, 0) is 18.4 Å². The van der Waals surface area contributed by atoms with Gasteiger partial charge in [-0.15, -0.1) is 11.6 Å². The predicted molar refractivity (Wildman–Crippen MR) is 61.7 cm³/mol. The molecule has 0 aliphatic heterocycles. The third-order valence-electron chi connectivity index (χ3n) is 1.83. The van der Waals surface area contributed by atoms with Gasteiger partial charge >= 0.3 is 0 Å². The summed E-state index contributed by atoms with van der Waals surface area (Å²) in [5.41, 5.74) is 0.0760. The molecule has 14 heavy (non-hydrogen) atoms. The summed E-state index contributed by atoms with van der Waals surface area (Å²) < 4.78 is 21.6. The van der Waals surface area contributed by atoms with Crippen molar-refractivity contribution >= 4 is 21.4 Å². The summed E-state index contributed by atoms with van der Waals surface area (Å²) in [4.78, 5) is 0. The fourth-order valence-corrected chi connectivity index (χ4v) is 1.70. The van der Waals surface area contributed by atoms with E-state index in [9.17, 15) is 8.42 Å². The predicted octanol–water partition coefficient (Wildman–Crippen LogP) is 1.28. The fourth-order valence-electron chi connectivity index (χ4n) is 0.933. The summed E-state index contributed by atoms with van der Waals surface area (Å²) in [5, 5.41) is 3.20. The van der Waals surface area contributed by atoms with Crippen LogP contribution in [0, 0.1) is 5.41 Å². The van der Waals surface area contributed by atoms with Crippen LogP contribution in [0.2, 0.25) is 0 Å². The minimum Gasteiger partial charge on any atom is -0.316 e. The average molecular weight is 242 g/mol. The van der Waals surface area contributed by atoms with Gasteiger partial charge in [-0.25, -0.2) is 8.42 Å². The first-order chi connectivity index (χ1) is 6.27. The van der Waals surface area contributed by atoms with Crippen LogP contribution < -0.4 is 5.32 Å². The average Bonchev–Trinajstić information content (AvgIpc) is 2.01. The van der Waals surface area contributed by atoms with E-state index in [1.165, 1.54) is 6.26 Å². The van der Waals surface area contributed by atoms with Gasteiger partial charge in [-0.1, -0.05) is 13.8 Å². The molecule has 0 saturated heterocycles. The number of hydrogen-bond acceptors (Lipinski definition) is 3. The first-order valence-electron chi connectivity index (χ1n) is 4.71. The Kier molecular flexibility index (Phi) is 6.02. The third kappa shape index (κ3) is 8.78. The molecule has 0 aromatic rings. The molecule has 0 aromatic heterocycles. The molecular formula is C9H20ClNO2S. The van der Waals surface area contributed by atoms with Crippen LogP contribution in [0.1, 0.15) is 20.3 Å². The van der Waals surface area contributed by atoms with Crippen molar-refractivity contribution in [1.82, 2.24) is 5.32 Å². The van der Waals surface area contributed by atoms with Gasteiger partial charge in [-0.2, -0.15) is 0 Å². The molecule has 0 unspecified atom stereocenters. The zero-order chi connectivity index (χ0) is 11.2. The molecule has 0 fully saturated rings. The topological polar surface area (TPSA) is 46.2 Å². The van der Waals surface area contributed by atoms with Crippen molar-refractivity contribution in [1.29, 1.82) is 0 Å². The maximum absolute atomic E-state index is 10.8. The lowest BCUT2D eigenvalue weighted by Gasteiger charge is -2.21. The lowest BCUT2D eigenvalue weighted by Crippen LogP contribution is -2.31. The van der Waals surface area contributed by atoms with Crippen LogP contribution in [0.15, 0.2) is 0 Å². The van der Waals surface area contributed by atoms with Gasteiger partial charge in [0.15, 0.2) is 0 Å². The van der Waals surface area contributed by atoms with Crippen molar-refractivity contribution in [2.24, 2.45) is 5.41 Å². The van der Waals surface area contributed by atoms with Gasteiger partial charge in [0.25, 0.3) is 0 Å². The minimum atomic E-state index is -2.81. The number of rotatable bonds is 7. The van der Waals surface area contributed by atoms with E-state index in [0.29, 0.717) is 12.3 Å². The van der Waals surface area contributed by atoms with Crippen LogP contribution in [-0.2, 0) is 9.84 Å². The van der Waals surface area contributed by atoms with Crippen LogP contribution in [0.25, 0.3) is 0 Å². The van der Waals surface area contributed by atoms with Crippen molar-refractivity contribution in [3.05, 3.63) is 0 Å². The highest BCUT2D eigenvalue weighted by Crippen LogP contribution is 2.14. The van der Waals surface area contributed by atoms with E-state index in [1.807, 2.05) is 0 Å². The summed E-state index contributed by atoms with van der Waals surface area (Å²) in [6.45, 7) is 5.70. The maximum Gasteiger partial charge on any atom is 0.147 e. The second-order valence-electron chi connectivity index (χ2n) is 4.46. The normalized spacial score (nSPS) is 13.1. The van der Waals surface area contributed by atoms with Crippen LogP contribution in [0.5, 0.6) is 0 Å². The molecule has 0 aromatic carbocycles. The number of alkyl halides is 1. The Morgan fingerprint density at radius 1 is 1.36 bits per heavy atom. The zero-order valence-corrected chi connectivity index (χ0v) is 10.7. The molecule has 0 aliphatic rings. The van der Waals surface area contributed by atoms with E-state index >= 15 is 0 Å². The largest absolute Gasteiger partial charge is 0.316 e. The van der Waals surface area contributed by atoms with Gasteiger partial charge in [0.1, 0.15) is 9.84 Å². The molecule has 0 amide bonds. The van der Waals surface area contributed by atoms with E-state index in [4.69, 9.17) is 11.6 Å². The SMILES string of the molecule is CC(C)(CCl)CNCCCS(C)(=O)=O. The Hall–Kier alpha value is 0.200. The first-order valence-corrected chi connectivity index (χ1v) is 7.31. The van der Waals surface area contributed by atoms with E-state index < -0.39 is 9.84 Å². The lowest BCUT2D eigenvalue weighted by molar-refractivity contribution is 0.386. The molecule has 0 spiro atoms. The molecule has 1 N–H and O–H groups in total. The molecule has 0 saturated carbocycles. The Bertz CT molecular complexity index is 250. The Morgan fingerprint density at radius 2 is 1.93 bits per heavy atom.